The summed E-state index contributed by atoms with van der Waals surface area (Å²) in [5.74, 6) is -0.243. The maximum absolute atomic E-state index is 11.9. The predicted octanol–water partition coefficient (Wildman–Crippen LogP) is 3.37. The van der Waals surface area contributed by atoms with Crippen LogP contribution in [0.15, 0.2) is 18.2 Å². The van der Waals surface area contributed by atoms with Crippen LogP contribution in [-0.4, -0.2) is 18.5 Å². The Kier molecular flexibility index (Phi) is 5.87. The van der Waals surface area contributed by atoms with Gasteiger partial charge in [-0.2, -0.15) is 0 Å². The highest BCUT2D eigenvalue weighted by Crippen LogP contribution is 2.29. The molecule has 0 aliphatic carbocycles. The Hall–Kier alpha value is -0.770. The van der Waals surface area contributed by atoms with E-state index in [4.69, 9.17) is 28.9 Å². The van der Waals surface area contributed by atoms with Crippen LogP contribution in [0.3, 0.4) is 0 Å². The van der Waals surface area contributed by atoms with Gasteiger partial charge in [-0.15, -0.1) is 0 Å². The monoisotopic (exact) mass is 316 g/mol. The minimum atomic E-state index is -0.235. The van der Waals surface area contributed by atoms with Crippen molar-refractivity contribution >= 4 is 29.1 Å². The summed E-state index contributed by atoms with van der Waals surface area (Å²) in [7, 11) is 0. The predicted molar refractivity (Wildman–Crippen MR) is 85.3 cm³/mol. The van der Waals surface area contributed by atoms with E-state index in [-0.39, 0.29) is 23.3 Å². The number of carbonyl (C=O) groups excluding carboxylic acids is 1. The Morgan fingerprint density at radius 3 is 2.40 bits per heavy atom. The summed E-state index contributed by atoms with van der Waals surface area (Å²) in [5, 5.41) is 3.99. The van der Waals surface area contributed by atoms with Gasteiger partial charge >= 0.3 is 0 Å². The Bertz CT molecular complexity index is 487. The van der Waals surface area contributed by atoms with Gasteiger partial charge in [0.2, 0.25) is 5.91 Å². The maximum atomic E-state index is 11.9. The molecule has 0 aliphatic rings. The third kappa shape index (κ3) is 4.37. The van der Waals surface area contributed by atoms with E-state index in [2.05, 4.69) is 5.32 Å². The normalized spacial score (nSPS) is 14.8. The summed E-state index contributed by atoms with van der Waals surface area (Å²) in [5.41, 5.74) is 6.52. The van der Waals surface area contributed by atoms with Crippen molar-refractivity contribution in [3.63, 3.8) is 0 Å². The van der Waals surface area contributed by atoms with E-state index in [1.807, 2.05) is 39.8 Å². The second-order valence-electron chi connectivity index (χ2n) is 5.88. The van der Waals surface area contributed by atoms with E-state index in [0.717, 1.165) is 5.56 Å². The first-order valence-corrected chi connectivity index (χ1v) is 7.39. The Morgan fingerprint density at radius 2 is 1.90 bits per heavy atom. The topological polar surface area (TPSA) is 55.1 Å². The maximum Gasteiger partial charge on any atom is 0.224 e. The first kappa shape index (κ1) is 17.3. The van der Waals surface area contributed by atoms with E-state index < -0.39 is 0 Å². The number of rotatable bonds is 5. The molecule has 0 bridgehead atoms. The molecule has 0 aliphatic heterocycles. The molecule has 0 saturated carbocycles. The second-order valence-corrected chi connectivity index (χ2v) is 6.69. The third-order valence-electron chi connectivity index (χ3n) is 3.61. The zero-order valence-electron chi connectivity index (χ0n) is 12.3. The molecule has 0 spiro atoms. The summed E-state index contributed by atoms with van der Waals surface area (Å²) in [6.45, 7) is 8.26. The number of amides is 1. The molecule has 2 unspecified atom stereocenters. The number of nitrogens with one attached hydrogen (secondary N) is 1. The van der Waals surface area contributed by atoms with Crippen LogP contribution < -0.4 is 11.1 Å². The van der Waals surface area contributed by atoms with Crippen molar-refractivity contribution in [3.05, 3.63) is 33.8 Å². The van der Waals surface area contributed by atoms with Gasteiger partial charge in [-0.05, 0) is 24.6 Å². The molecule has 20 heavy (non-hydrogen) atoms. The van der Waals surface area contributed by atoms with Crippen LogP contribution in [0.25, 0.3) is 0 Å². The fourth-order valence-corrected chi connectivity index (χ4v) is 2.03. The average Bonchev–Trinajstić information content (AvgIpc) is 2.38. The minimum Gasteiger partial charge on any atom is -0.355 e. The minimum absolute atomic E-state index is 0.0341. The fourth-order valence-electron chi connectivity index (χ4n) is 1.73. The molecule has 1 rings (SSSR count). The van der Waals surface area contributed by atoms with E-state index in [0.29, 0.717) is 16.6 Å². The first-order chi connectivity index (χ1) is 9.15. The van der Waals surface area contributed by atoms with Gasteiger partial charge in [0.25, 0.3) is 0 Å². The van der Waals surface area contributed by atoms with Crippen molar-refractivity contribution in [1.29, 1.82) is 0 Å². The van der Waals surface area contributed by atoms with Gasteiger partial charge in [0.05, 0.1) is 10.0 Å². The molecule has 112 valence electrons. The molecule has 1 aromatic rings. The Balaban J connectivity index is 2.74. The van der Waals surface area contributed by atoms with Gasteiger partial charge in [0.15, 0.2) is 0 Å². The van der Waals surface area contributed by atoms with Crippen LogP contribution in [0.5, 0.6) is 0 Å². The van der Waals surface area contributed by atoms with Crippen LogP contribution in [0, 0.1) is 5.92 Å². The molecule has 1 aromatic carbocycles. The van der Waals surface area contributed by atoms with E-state index in [1.54, 1.807) is 6.07 Å². The quantitative estimate of drug-likeness (QED) is 0.875. The first-order valence-electron chi connectivity index (χ1n) is 6.64. The van der Waals surface area contributed by atoms with Crippen LogP contribution in [0.1, 0.15) is 33.3 Å². The lowest BCUT2D eigenvalue weighted by atomic mass is 9.84. The van der Waals surface area contributed by atoms with Gasteiger partial charge < -0.3 is 11.1 Å². The standard InChI is InChI=1S/C15H22Cl2N2O/c1-9(10(2)18)14(20)19-8-15(3,4)11-5-6-12(16)13(17)7-11/h5-7,9-10H,8,18H2,1-4H3,(H,19,20). The molecule has 0 radical (unpaired) electrons. The molecular formula is C15H22Cl2N2O. The molecule has 1 amide bonds. The molecule has 3 nitrogen and oxygen atoms in total. The van der Waals surface area contributed by atoms with Crippen molar-refractivity contribution in [2.45, 2.75) is 39.2 Å². The second kappa shape index (κ2) is 6.79. The van der Waals surface area contributed by atoms with Crippen LogP contribution >= 0.6 is 23.2 Å². The van der Waals surface area contributed by atoms with Crippen molar-refractivity contribution < 1.29 is 4.79 Å². The number of carbonyl (C=O) groups is 1. The highest BCUT2D eigenvalue weighted by molar-refractivity contribution is 6.42. The Morgan fingerprint density at radius 1 is 1.30 bits per heavy atom. The molecule has 0 saturated heterocycles. The summed E-state index contributed by atoms with van der Waals surface area (Å²) >= 11 is 12.0. The van der Waals surface area contributed by atoms with Crippen LogP contribution in [0.2, 0.25) is 10.0 Å². The van der Waals surface area contributed by atoms with E-state index in [1.165, 1.54) is 0 Å². The van der Waals surface area contributed by atoms with E-state index >= 15 is 0 Å². The van der Waals surface area contributed by atoms with Gasteiger partial charge in [0, 0.05) is 23.9 Å². The molecule has 5 heteroatoms. The fraction of sp³-hybridized carbons (Fsp3) is 0.533. The highest BCUT2D eigenvalue weighted by Gasteiger charge is 2.24. The van der Waals surface area contributed by atoms with Gasteiger partial charge in [-0.25, -0.2) is 0 Å². The Labute approximate surface area is 130 Å². The molecular weight excluding hydrogens is 295 g/mol. The molecule has 3 N–H and O–H groups in total. The smallest absolute Gasteiger partial charge is 0.224 e. The number of benzene rings is 1. The summed E-state index contributed by atoms with van der Waals surface area (Å²) in [6.07, 6.45) is 0. The number of nitrogens with two attached hydrogens (primary N) is 1. The lowest BCUT2D eigenvalue weighted by Crippen LogP contribution is -2.43. The molecule has 0 heterocycles. The number of hydrogen-bond donors (Lipinski definition) is 2. The SMILES string of the molecule is CC(N)C(C)C(=O)NCC(C)(C)c1ccc(Cl)c(Cl)c1. The van der Waals surface area contributed by atoms with Gasteiger partial charge in [0.1, 0.15) is 0 Å². The van der Waals surface area contributed by atoms with E-state index in [9.17, 15) is 4.79 Å². The lowest BCUT2D eigenvalue weighted by Gasteiger charge is -2.27. The largest absolute Gasteiger partial charge is 0.355 e. The average molecular weight is 317 g/mol. The zero-order chi connectivity index (χ0) is 15.5. The number of halogens is 2. The highest BCUT2D eigenvalue weighted by atomic mass is 35.5. The summed E-state index contributed by atoms with van der Waals surface area (Å²) in [4.78, 5) is 11.9. The molecule has 2 atom stereocenters. The van der Waals surface area contributed by atoms with Crippen molar-refractivity contribution in [2.75, 3.05) is 6.54 Å². The zero-order valence-corrected chi connectivity index (χ0v) is 13.8. The summed E-state index contributed by atoms with van der Waals surface area (Å²) < 4.78 is 0. The lowest BCUT2D eigenvalue weighted by molar-refractivity contribution is -0.125. The molecule has 0 aromatic heterocycles. The van der Waals surface area contributed by atoms with Crippen LogP contribution in [0.4, 0.5) is 0 Å². The van der Waals surface area contributed by atoms with Crippen LogP contribution in [-0.2, 0) is 10.2 Å². The van der Waals surface area contributed by atoms with Crippen molar-refractivity contribution in [2.24, 2.45) is 11.7 Å². The summed E-state index contributed by atoms with van der Waals surface area (Å²) in [6, 6.07) is 5.37. The van der Waals surface area contributed by atoms with Gasteiger partial charge in [-0.3, -0.25) is 4.79 Å². The van der Waals surface area contributed by atoms with Crippen molar-refractivity contribution in [3.8, 4) is 0 Å². The third-order valence-corrected chi connectivity index (χ3v) is 4.35. The molecule has 0 fully saturated rings. The van der Waals surface area contributed by atoms with Gasteiger partial charge in [-0.1, -0.05) is 50.0 Å². The number of hydrogen-bond acceptors (Lipinski definition) is 2. The van der Waals surface area contributed by atoms with Crippen molar-refractivity contribution in [1.82, 2.24) is 5.32 Å².